The van der Waals surface area contributed by atoms with Crippen molar-refractivity contribution in [1.82, 2.24) is 33.9 Å². The van der Waals surface area contributed by atoms with Crippen molar-refractivity contribution in [3.63, 3.8) is 0 Å². The quantitative estimate of drug-likeness (QED) is 0.362. The number of sulfonamides is 1. The number of hydrogen-bond acceptors (Lipinski definition) is 8. The van der Waals surface area contributed by atoms with Crippen LogP contribution in [0.5, 0.6) is 5.75 Å². The molecule has 0 bridgehead atoms. The van der Waals surface area contributed by atoms with Crippen molar-refractivity contribution >= 4 is 21.1 Å². The average molecular weight is 538 g/mol. The smallest absolute Gasteiger partial charge is 0.279 e. The lowest BCUT2D eigenvalue weighted by molar-refractivity contribution is 0.222. The van der Waals surface area contributed by atoms with E-state index < -0.39 is 15.6 Å². The van der Waals surface area contributed by atoms with E-state index in [0.717, 1.165) is 17.8 Å². The maximum atomic E-state index is 13.4. The third-order valence-corrected chi connectivity index (χ3v) is 8.65. The van der Waals surface area contributed by atoms with E-state index in [0.29, 0.717) is 56.0 Å². The first-order chi connectivity index (χ1) is 18.3. The zero-order valence-electron chi connectivity index (χ0n) is 21.7. The van der Waals surface area contributed by atoms with E-state index in [1.807, 2.05) is 32.2 Å². The molecule has 0 aliphatic carbocycles. The van der Waals surface area contributed by atoms with E-state index in [9.17, 15) is 13.2 Å². The number of fused-ring (bicyclic) bond motifs is 1. The summed E-state index contributed by atoms with van der Waals surface area (Å²) < 4.78 is 35.6. The van der Waals surface area contributed by atoms with Gasteiger partial charge in [-0.3, -0.25) is 14.5 Å². The standard InChI is InChI=1S/C26H31N7O4S/c1-4-7-21-23-24(30-33(21)17-18-8-5-6-11-27-18)26(34)29-25(28-23)20-16-19(9-10-22(20)37-3)38(35,36)32-14-12-31(2)13-15-32/h5-6,8-11,16H,4,7,12-15,17H2,1-3H3,(H,28,29,34). The van der Waals surface area contributed by atoms with Crippen molar-refractivity contribution in [1.29, 1.82) is 0 Å². The zero-order valence-corrected chi connectivity index (χ0v) is 22.5. The average Bonchev–Trinajstić information content (AvgIpc) is 3.26. The first-order valence-electron chi connectivity index (χ1n) is 12.6. The van der Waals surface area contributed by atoms with Crippen molar-refractivity contribution in [2.45, 2.75) is 31.2 Å². The Morgan fingerprint density at radius 3 is 2.55 bits per heavy atom. The molecule has 1 fully saturated rings. The summed E-state index contributed by atoms with van der Waals surface area (Å²) in [6.45, 7) is 4.61. The fraction of sp³-hybridized carbons (Fsp3) is 0.385. The Morgan fingerprint density at radius 1 is 1.08 bits per heavy atom. The molecule has 11 nitrogen and oxygen atoms in total. The maximum absolute atomic E-state index is 13.4. The molecule has 0 unspecified atom stereocenters. The summed E-state index contributed by atoms with van der Waals surface area (Å²) in [5.74, 6) is 0.632. The molecule has 0 amide bonds. The molecule has 4 aromatic rings. The van der Waals surface area contributed by atoms with Crippen molar-refractivity contribution < 1.29 is 13.2 Å². The number of piperazine rings is 1. The van der Waals surface area contributed by atoms with E-state index in [1.54, 1.807) is 16.9 Å². The van der Waals surface area contributed by atoms with Gasteiger partial charge in [0.2, 0.25) is 10.0 Å². The van der Waals surface area contributed by atoms with Gasteiger partial charge in [-0.05, 0) is 43.8 Å². The Morgan fingerprint density at radius 2 is 1.87 bits per heavy atom. The van der Waals surface area contributed by atoms with E-state index in [4.69, 9.17) is 9.72 Å². The van der Waals surface area contributed by atoms with Crippen LogP contribution in [0.25, 0.3) is 22.4 Å². The molecule has 3 aromatic heterocycles. The molecule has 0 atom stereocenters. The monoisotopic (exact) mass is 537 g/mol. The van der Waals surface area contributed by atoms with Crippen LogP contribution >= 0.6 is 0 Å². The highest BCUT2D eigenvalue weighted by molar-refractivity contribution is 7.89. The summed E-state index contributed by atoms with van der Waals surface area (Å²) in [7, 11) is -0.264. The number of ether oxygens (including phenoxy) is 1. The molecule has 4 heterocycles. The van der Waals surface area contributed by atoms with Crippen LogP contribution < -0.4 is 10.3 Å². The minimum Gasteiger partial charge on any atom is -0.496 e. The van der Waals surface area contributed by atoms with Crippen molar-refractivity contribution in [2.24, 2.45) is 0 Å². The van der Waals surface area contributed by atoms with Crippen molar-refractivity contribution in [3.8, 4) is 17.1 Å². The molecule has 5 rings (SSSR count). The number of hydrogen-bond donors (Lipinski definition) is 1. The number of rotatable bonds is 8. The highest BCUT2D eigenvalue weighted by Gasteiger charge is 2.29. The van der Waals surface area contributed by atoms with Gasteiger partial charge in [0.15, 0.2) is 5.52 Å². The largest absolute Gasteiger partial charge is 0.496 e. The van der Waals surface area contributed by atoms with Crippen LogP contribution in [0.4, 0.5) is 0 Å². The highest BCUT2D eigenvalue weighted by Crippen LogP contribution is 2.32. The van der Waals surface area contributed by atoms with Gasteiger partial charge < -0.3 is 14.6 Å². The van der Waals surface area contributed by atoms with Gasteiger partial charge in [-0.15, -0.1) is 0 Å². The predicted octanol–water partition coefficient (Wildman–Crippen LogP) is 2.13. The molecule has 12 heteroatoms. The second kappa shape index (κ2) is 10.6. The number of aromatic amines is 1. The van der Waals surface area contributed by atoms with Gasteiger partial charge in [-0.1, -0.05) is 19.4 Å². The van der Waals surface area contributed by atoms with E-state index in [2.05, 4.69) is 20.0 Å². The van der Waals surface area contributed by atoms with Crippen LogP contribution in [0.15, 0.2) is 52.3 Å². The summed E-state index contributed by atoms with van der Waals surface area (Å²) in [4.78, 5) is 27.4. The van der Waals surface area contributed by atoms with Gasteiger partial charge in [-0.25, -0.2) is 13.4 Å². The highest BCUT2D eigenvalue weighted by atomic mass is 32.2. The molecule has 1 saturated heterocycles. The molecule has 0 radical (unpaired) electrons. The number of likely N-dealkylation sites (N-methyl/N-ethyl adjacent to an activating group) is 1. The van der Waals surface area contributed by atoms with Gasteiger partial charge in [0.05, 0.1) is 35.5 Å². The van der Waals surface area contributed by atoms with Crippen LogP contribution in [-0.4, -0.2) is 82.7 Å². The number of benzene rings is 1. The number of aromatic nitrogens is 5. The number of H-pyrrole nitrogens is 1. The lowest BCUT2D eigenvalue weighted by Crippen LogP contribution is -2.47. The lowest BCUT2D eigenvalue weighted by Gasteiger charge is -2.31. The second-order valence-electron chi connectivity index (χ2n) is 9.36. The summed E-state index contributed by atoms with van der Waals surface area (Å²) >= 11 is 0. The third-order valence-electron chi connectivity index (χ3n) is 6.75. The van der Waals surface area contributed by atoms with E-state index in [1.165, 1.54) is 23.5 Å². The number of aryl methyl sites for hydroxylation is 1. The summed E-state index contributed by atoms with van der Waals surface area (Å²) in [5, 5.41) is 4.56. The van der Waals surface area contributed by atoms with E-state index in [-0.39, 0.29) is 16.2 Å². The molecule has 200 valence electrons. The molecule has 1 N–H and O–H groups in total. The minimum absolute atomic E-state index is 0.125. The van der Waals surface area contributed by atoms with Crippen LogP contribution in [0, 0.1) is 0 Å². The molecular formula is C26H31N7O4S. The molecule has 1 aliphatic rings. The van der Waals surface area contributed by atoms with Crippen molar-refractivity contribution in [3.05, 3.63) is 64.3 Å². The molecular weight excluding hydrogens is 506 g/mol. The Labute approximate surface area is 221 Å². The molecule has 38 heavy (non-hydrogen) atoms. The number of nitrogens with zero attached hydrogens (tertiary/aromatic N) is 6. The Bertz CT molecular complexity index is 1610. The second-order valence-corrected chi connectivity index (χ2v) is 11.3. The third kappa shape index (κ3) is 4.94. The van der Waals surface area contributed by atoms with Crippen LogP contribution in [-0.2, 0) is 23.0 Å². The number of nitrogens with one attached hydrogen (secondary N) is 1. The number of methoxy groups -OCH3 is 1. The van der Waals surface area contributed by atoms with E-state index >= 15 is 0 Å². The van der Waals surface area contributed by atoms with Gasteiger partial charge in [0, 0.05) is 32.4 Å². The van der Waals surface area contributed by atoms with Gasteiger partial charge >= 0.3 is 0 Å². The van der Waals surface area contributed by atoms with Gasteiger partial charge in [0.25, 0.3) is 5.56 Å². The molecule has 1 aliphatic heterocycles. The fourth-order valence-electron chi connectivity index (χ4n) is 4.66. The molecule has 0 spiro atoms. The predicted molar refractivity (Wildman–Crippen MR) is 144 cm³/mol. The zero-order chi connectivity index (χ0) is 26.9. The molecule has 0 saturated carbocycles. The molecule has 1 aromatic carbocycles. The van der Waals surface area contributed by atoms with Gasteiger partial charge in [0.1, 0.15) is 17.1 Å². The van der Waals surface area contributed by atoms with Crippen LogP contribution in [0.1, 0.15) is 24.7 Å². The Balaban J connectivity index is 1.61. The Hall–Kier alpha value is -3.61. The summed E-state index contributed by atoms with van der Waals surface area (Å²) in [6, 6.07) is 10.3. The van der Waals surface area contributed by atoms with Crippen molar-refractivity contribution in [2.75, 3.05) is 40.3 Å². The Kier molecular flexibility index (Phi) is 7.28. The number of pyridine rings is 1. The fourth-order valence-corrected chi connectivity index (χ4v) is 6.11. The normalized spacial score (nSPS) is 15.2. The first-order valence-corrected chi connectivity index (χ1v) is 14.0. The maximum Gasteiger partial charge on any atom is 0.279 e. The summed E-state index contributed by atoms with van der Waals surface area (Å²) in [5.41, 5.74) is 2.33. The van der Waals surface area contributed by atoms with Gasteiger partial charge in [-0.2, -0.15) is 9.40 Å². The van der Waals surface area contributed by atoms with Crippen LogP contribution in [0.3, 0.4) is 0 Å². The lowest BCUT2D eigenvalue weighted by atomic mass is 10.1. The summed E-state index contributed by atoms with van der Waals surface area (Å²) in [6.07, 6.45) is 3.21. The first kappa shape index (κ1) is 26.0. The minimum atomic E-state index is -3.73. The van der Waals surface area contributed by atoms with Crippen LogP contribution in [0.2, 0.25) is 0 Å². The topological polar surface area (TPSA) is 126 Å². The SMILES string of the molecule is CCCc1c2nc(-c3cc(S(=O)(=O)N4CCN(C)CC4)ccc3OC)[nH]c(=O)c2nn1Cc1ccccn1.